The van der Waals surface area contributed by atoms with Gasteiger partial charge < -0.3 is 14.6 Å². The van der Waals surface area contributed by atoms with Gasteiger partial charge in [0.15, 0.2) is 0 Å². The Balaban J connectivity index is 1.97. The van der Waals surface area contributed by atoms with E-state index in [2.05, 4.69) is 4.90 Å². The van der Waals surface area contributed by atoms with Gasteiger partial charge in [-0.2, -0.15) is 0 Å². The highest BCUT2D eigenvalue weighted by atomic mass is 16.5. The maximum atomic E-state index is 10.8. The highest BCUT2D eigenvalue weighted by Gasteiger charge is 2.23. The molecular weight excluding hydrogens is 258 g/mol. The lowest BCUT2D eigenvalue weighted by Crippen LogP contribution is -2.42. The number of hydrogen-bond acceptors (Lipinski definition) is 4. The second-order valence-corrected chi connectivity index (χ2v) is 4.87. The SMILES string of the molecule is CCOc1ccccc1CN1CCOC(CC(=O)O)C1. The number of morpholine rings is 1. The molecule has 0 amide bonds. The van der Waals surface area contributed by atoms with E-state index in [1.54, 1.807) is 0 Å². The zero-order valence-electron chi connectivity index (χ0n) is 11.7. The van der Waals surface area contributed by atoms with Crippen LogP contribution in [-0.4, -0.2) is 48.4 Å². The third-order valence-electron chi connectivity index (χ3n) is 3.29. The van der Waals surface area contributed by atoms with Crippen LogP contribution in [0.1, 0.15) is 18.9 Å². The first kappa shape index (κ1) is 14.8. The number of rotatable bonds is 6. The Morgan fingerprint density at radius 3 is 3.05 bits per heavy atom. The van der Waals surface area contributed by atoms with Crippen molar-refractivity contribution in [2.75, 3.05) is 26.3 Å². The monoisotopic (exact) mass is 279 g/mol. The molecule has 0 saturated carbocycles. The Hall–Kier alpha value is -1.59. The number of carboxylic acids is 1. The van der Waals surface area contributed by atoms with Crippen LogP contribution in [0.4, 0.5) is 0 Å². The molecule has 20 heavy (non-hydrogen) atoms. The first-order chi connectivity index (χ1) is 9.69. The van der Waals surface area contributed by atoms with Gasteiger partial charge in [0.25, 0.3) is 0 Å². The van der Waals surface area contributed by atoms with Gasteiger partial charge in [-0.1, -0.05) is 18.2 Å². The first-order valence-electron chi connectivity index (χ1n) is 6.95. The second kappa shape index (κ2) is 7.26. The fourth-order valence-electron chi connectivity index (χ4n) is 2.41. The molecule has 5 nitrogen and oxygen atoms in total. The molecule has 1 aliphatic heterocycles. The summed E-state index contributed by atoms with van der Waals surface area (Å²) in [7, 11) is 0. The van der Waals surface area contributed by atoms with Gasteiger partial charge in [0.1, 0.15) is 5.75 Å². The summed E-state index contributed by atoms with van der Waals surface area (Å²) in [5.41, 5.74) is 1.13. The first-order valence-corrected chi connectivity index (χ1v) is 6.95. The lowest BCUT2D eigenvalue weighted by atomic mass is 10.1. The molecule has 1 heterocycles. The number of carbonyl (C=O) groups is 1. The van der Waals surface area contributed by atoms with Crippen molar-refractivity contribution >= 4 is 5.97 Å². The lowest BCUT2D eigenvalue weighted by molar-refractivity contribution is -0.142. The smallest absolute Gasteiger partial charge is 0.306 e. The molecule has 0 aliphatic carbocycles. The highest BCUT2D eigenvalue weighted by molar-refractivity contribution is 5.67. The van der Waals surface area contributed by atoms with Crippen molar-refractivity contribution in [3.05, 3.63) is 29.8 Å². The molecule has 2 rings (SSSR count). The minimum atomic E-state index is -0.813. The van der Waals surface area contributed by atoms with Crippen LogP contribution >= 0.6 is 0 Å². The molecule has 0 radical (unpaired) electrons. The average Bonchev–Trinajstić information content (AvgIpc) is 2.41. The van der Waals surface area contributed by atoms with Crippen molar-refractivity contribution in [1.82, 2.24) is 4.90 Å². The Kier molecular flexibility index (Phi) is 5.38. The van der Waals surface area contributed by atoms with Crippen LogP contribution in [0.5, 0.6) is 5.75 Å². The third-order valence-corrected chi connectivity index (χ3v) is 3.29. The Morgan fingerprint density at radius 2 is 2.30 bits per heavy atom. The van der Waals surface area contributed by atoms with Crippen LogP contribution in [0.25, 0.3) is 0 Å². The Labute approximate surface area is 119 Å². The van der Waals surface area contributed by atoms with Gasteiger partial charge in [0.05, 0.1) is 25.7 Å². The molecule has 1 aromatic rings. The molecule has 1 fully saturated rings. The normalized spacial score (nSPS) is 19.8. The quantitative estimate of drug-likeness (QED) is 0.860. The molecule has 1 N–H and O–H groups in total. The summed E-state index contributed by atoms with van der Waals surface area (Å²) in [5, 5.41) is 8.84. The van der Waals surface area contributed by atoms with Gasteiger partial charge in [-0.3, -0.25) is 9.69 Å². The van der Waals surface area contributed by atoms with Gasteiger partial charge in [-0.15, -0.1) is 0 Å². The van der Waals surface area contributed by atoms with E-state index in [9.17, 15) is 4.79 Å². The minimum Gasteiger partial charge on any atom is -0.494 e. The summed E-state index contributed by atoms with van der Waals surface area (Å²) in [5.74, 6) is 0.0860. The molecule has 0 spiro atoms. The molecule has 1 aliphatic rings. The zero-order valence-corrected chi connectivity index (χ0v) is 11.7. The predicted molar refractivity (Wildman–Crippen MR) is 74.9 cm³/mol. The predicted octanol–water partition coefficient (Wildman–Crippen LogP) is 1.76. The number of carboxylic acid groups (broad SMARTS) is 1. The largest absolute Gasteiger partial charge is 0.494 e. The highest BCUT2D eigenvalue weighted by Crippen LogP contribution is 2.21. The van der Waals surface area contributed by atoms with Crippen LogP contribution in [0, 0.1) is 0 Å². The summed E-state index contributed by atoms with van der Waals surface area (Å²) in [6.45, 7) is 5.41. The van der Waals surface area contributed by atoms with Gasteiger partial charge in [-0.05, 0) is 13.0 Å². The van der Waals surface area contributed by atoms with Crippen molar-refractivity contribution in [1.29, 1.82) is 0 Å². The molecule has 1 atom stereocenters. The van der Waals surface area contributed by atoms with E-state index >= 15 is 0 Å². The number of nitrogens with zero attached hydrogens (tertiary/aromatic N) is 1. The molecule has 110 valence electrons. The lowest BCUT2D eigenvalue weighted by Gasteiger charge is -2.32. The number of benzene rings is 1. The summed E-state index contributed by atoms with van der Waals surface area (Å²) in [6, 6.07) is 7.97. The minimum absolute atomic E-state index is 0.0591. The Morgan fingerprint density at radius 1 is 1.50 bits per heavy atom. The number of ether oxygens (including phenoxy) is 2. The van der Waals surface area contributed by atoms with Gasteiger partial charge >= 0.3 is 5.97 Å². The molecule has 1 saturated heterocycles. The van der Waals surface area contributed by atoms with Crippen molar-refractivity contribution < 1.29 is 19.4 Å². The topological polar surface area (TPSA) is 59.0 Å². The zero-order chi connectivity index (χ0) is 14.4. The van der Waals surface area contributed by atoms with Crippen molar-refractivity contribution in [3.63, 3.8) is 0 Å². The van der Waals surface area contributed by atoms with Gasteiger partial charge in [0, 0.05) is 25.2 Å². The van der Waals surface area contributed by atoms with E-state index in [0.29, 0.717) is 19.8 Å². The second-order valence-electron chi connectivity index (χ2n) is 4.87. The summed E-state index contributed by atoms with van der Waals surface area (Å²) in [4.78, 5) is 13.0. The molecular formula is C15H21NO4. The van der Waals surface area contributed by atoms with Crippen molar-refractivity contribution in [2.24, 2.45) is 0 Å². The third kappa shape index (κ3) is 4.21. The van der Waals surface area contributed by atoms with Gasteiger partial charge in [0.2, 0.25) is 0 Å². The van der Waals surface area contributed by atoms with E-state index < -0.39 is 5.97 Å². The molecule has 5 heteroatoms. The number of hydrogen-bond donors (Lipinski definition) is 1. The number of para-hydroxylation sites is 1. The van der Waals surface area contributed by atoms with Gasteiger partial charge in [-0.25, -0.2) is 0 Å². The molecule has 1 aromatic carbocycles. The summed E-state index contributed by atoms with van der Waals surface area (Å²) < 4.78 is 11.1. The fraction of sp³-hybridized carbons (Fsp3) is 0.533. The van der Waals surface area contributed by atoms with Crippen LogP contribution in [0.15, 0.2) is 24.3 Å². The van der Waals surface area contributed by atoms with E-state index in [0.717, 1.165) is 24.4 Å². The van der Waals surface area contributed by atoms with Crippen molar-refractivity contribution in [2.45, 2.75) is 26.0 Å². The van der Waals surface area contributed by atoms with Crippen LogP contribution < -0.4 is 4.74 Å². The van der Waals surface area contributed by atoms with Crippen LogP contribution in [0.2, 0.25) is 0 Å². The summed E-state index contributed by atoms with van der Waals surface area (Å²) >= 11 is 0. The molecule has 1 unspecified atom stereocenters. The van der Waals surface area contributed by atoms with E-state index in [1.807, 2.05) is 31.2 Å². The summed E-state index contributed by atoms with van der Waals surface area (Å²) in [6.07, 6.45) is -0.163. The van der Waals surface area contributed by atoms with E-state index in [4.69, 9.17) is 14.6 Å². The standard InChI is InChI=1S/C15H21NO4/c1-2-19-14-6-4-3-5-12(14)10-16-7-8-20-13(11-16)9-15(17)18/h3-6,13H,2,7-11H2,1H3,(H,17,18). The molecule has 0 aromatic heterocycles. The molecule has 0 bridgehead atoms. The van der Waals surface area contributed by atoms with Crippen LogP contribution in [0.3, 0.4) is 0 Å². The van der Waals surface area contributed by atoms with Crippen molar-refractivity contribution in [3.8, 4) is 5.75 Å². The fourth-order valence-corrected chi connectivity index (χ4v) is 2.41. The Bertz CT molecular complexity index is 449. The maximum absolute atomic E-state index is 10.8. The van der Waals surface area contributed by atoms with Crippen LogP contribution in [-0.2, 0) is 16.1 Å². The van der Waals surface area contributed by atoms with E-state index in [1.165, 1.54) is 0 Å². The average molecular weight is 279 g/mol. The van der Waals surface area contributed by atoms with E-state index in [-0.39, 0.29) is 12.5 Å². The maximum Gasteiger partial charge on any atom is 0.306 e. The number of aliphatic carboxylic acids is 1.